The van der Waals surface area contributed by atoms with Crippen molar-refractivity contribution in [3.63, 3.8) is 0 Å². The van der Waals surface area contributed by atoms with Gasteiger partial charge in [-0.2, -0.15) is 0 Å². The van der Waals surface area contributed by atoms with Gasteiger partial charge in [0.25, 0.3) is 0 Å². The average molecular weight is 231 g/mol. The van der Waals surface area contributed by atoms with Crippen LogP contribution in [0.1, 0.15) is 19.8 Å². The van der Waals surface area contributed by atoms with Gasteiger partial charge in [-0.15, -0.1) is 0 Å². The largest absolute Gasteiger partial charge is 1.00 e. The summed E-state index contributed by atoms with van der Waals surface area (Å²) in [4.78, 5) is -0.266. The van der Waals surface area contributed by atoms with Gasteiger partial charge in [-0.3, -0.25) is 4.90 Å². The number of hydrogen-bond donors (Lipinski definition) is 1. The molecule has 1 fully saturated rings. The fourth-order valence-electron chi connectivity index (χ4n) is 1.55. The van der Waals surface area contributed by atoms with Gasteiger partial charge in [0.05, 0.1) is 0 Å². The third-order valence-electron chi connectivity index (χ3n) is 2.29. The first-order valence-corrected chi connectivity index (χ1v) is 5.70. The number of β-amino-alcohol motifs (C(OH)–C–C–N with tert-alkyl or cyclic N) is 1. The van der Waals surface area contributed by atoms with E-state index in [1.165, 1.54) is 0 Å². The molecular weight excluding hydrogens is 217 g/mol. The molecular formula is C7H14NNaO4S. The Kier molecular flexibility index (Phi) is 5.56. The smallest absolute Gasteiger partial charge is 0.746 e. The molecule has 7 heteroatoms. The van der Waals surface area contributed by atoms with E-state index in [4.69, 9.17) is 0 Å². The van der Waals surface area contributed by atoms with Gasteiger partial charge < -0.3 is 9.66 Å². The van der Waals surface area contributed by atoms with Crippen molar-refractivity contribution >= 4 is 10.1 Å². The molecule has 1 saturated heterocycles. The second-order valence-corrected chi connectivity index (χ2v) is 5.09. The monoisotopic (exact) mass is 231 g/mol. The van der Waals surface area contributed by atoms with Crippen LogP contribution in [0.4, 0.5) is 0 Å². The van der Waals surface area contributed by atoms with Crippen LogP contribution in [0.3, 0.4) is 0 Å². The Labute approximate surface area is 107 Å². The van der Waals surface area contributed by atoms with Crippen molar-refractivity contribution in [2.45, 2.75) is 24.7 Å². The van der Waals surface area contributed by atoms with Crippen LogP contribution >= 0.6 is 0 Å². The Bertz CT molecular complexity index is 281. The number of likely N-dealkylation sites (tertiary alicyclic amines) is 1. The predicted octanol–water partition coefficient (Wildman–Crippen LogP) is -3.66. The second-order valence-electron chi connectivity index (χ2n) is 3.43. The van der Waals surface area contributed by atoms with Crippen molar-refractivity contribution in [3.05, 3.63) is 0 Å². The Morgan fingerprint density at radius 2 is 2.14 bits per heavy atom. The first-order chi connectivity index (χ1) is 5.89. The molecule has 1 rings (SSSR count). The van der Waals surface area contributed by atoms with Crippen LogP contribution in [0, 0.1) is 0 Å². The summed E-state index contributed by atoms with van der Waals surface area (Å²) >= 11 is 0. The molecule has 0 aromatic carbocycles. The van der Waals surface area contributed by atoms with E-state index in [2.05, 4.69) is 0 Å². The summed E-state index contributed by atoms with van der Waals surface area (Å²) in [5, 5.41) is 9.48. The van der Waals surface area contributed by atoms with E-state index in [0.717, 1.165) is 13.0 Å². The zero-order valence-corrected chi connectivity index (χ0v) is 11.4. The molecule has 78 valence electrons. The van der Waals surface area contributed by atoms with Gasteiger partial charge in [0.15, 0.2) is 4.93 Å². The SMILES string of the molecule is CCCN1CCC(O)(S(=O)(=O)[O-])C1.[Na+]. The Morgan fingerprint density at radius 1 is 1.57 bits per heavy atom. The molecule has 0 amide bonds. The maximum Gasteiger partial charge on any atom is 1.00 e. The van der Waals surface area contributed by atoms with Crippen molar-refractivity contribution < 1.29 is 47.6 Å². The molecule has 0 spiro atoms. The number of rotatable bonds is 3. The van der Waals surface area contributed by atoms with Crippen LogP contribution in [0.5, 0.6) is 0 Å². The molecule has 1 aliphatic rings. The van der Waals surface area contributed by atoms with E-state index in [0.29, 0.717) is 6.54 Å². The Morgan fingerprint density at radius 3 is 2.50 bits per heavy atom. The van der Waals surface area contributed by atoms with Crippen LogP contribution in [-0.2, 0) is 10.1 Å². The van der Waals surface area contributed by atoms with Gasteiger partial charge in [0.1, 0.15) is 10.1 Å². The predicted molar refractivity (Wildman–Crippen MR) is 46.0 cm³/mol. The molecule has 1 unspecified atom stereocenters. The van der Waals surface area contributed by atoms with Gasteiger partial charge in [-0.1, -0.05) is 6.92 Å². The number of nitrogens with zero attached hydrogens (tertiary/aromatic N) is 1. The standard InChI is InChI=1S/C7H15NO4S.Na/c1-2-4-8-5-3-7(9,6-8)13(10,11)12;/h9H,2-6H2,1H3,(H,10,11,12);/q;+1/p-1. The summed E-state index contributed by atoms with van der Waals surface area (Å²) in [5.74, 6) is 0. The number of aliphatic hydroxyl groups is 1. The summed E-state index contributed by atoms with van der Waals surface area (Å²) in [6.07, 6.45) is 0.911. The fourth-order valence-corrected chi connectivity index (χ4v) is 2.23. The molecule has 0 radical (unpaired) electrons. The minimum atomic E-state index is -4.59. The first-order valence-electron chi connectivity index (χ1n) is 4.29. The summed E-state index contributed by atoms with van der Waals surface area (Å²) < 4.78 is 32.0. The topological polar surface area (TPSA) is 80.7 Å². The maximum atomic E-state index is 10.7. The van der Waals surface area contributed by atoms with Gasteiger partial charge in [0.2, 0.25) is 0 Å². The van der Waals surface area contributed by atoms with Crippen molar-refractivity contribution in [2.75, 3.05) is 19.6 Å². The molecule has 0 bridgehead atoms. The Balaban J connectivity index is 0.00000169. The van der Waals surface area contributed by atoms with Crippen LogP contribution in [0.15, 0.2) is 0 Å². The van der Waals surface area contributed by atoms with Crippen molar-refractivity contribution in [1.29, 1.82) is 0 Å². The van der Waals surface area contributed by atoms with Gasteiger partial charge >= 0.3 is 29.6 Å². The van der Waals surface area contributed by atoms with E-state index in [9.17, 15) is 18.1 Å². The van der Waals surface area contributed by atoms with Crippen LogP contribution in [0.25, 0.3) is 0 Å². The number of hydrogen-bond acceptors (Lipinski definition) is 5. The molecule has 1 aliphatic heterocycles. The summed E-state index contributed by atoms with van der Waals surface area (Å²) in [6.45, 7) is 3.11. The van der Waals surface area contributed by atoms with E-state index >= 15 is 0 Å². The van der Waals surface area contributed by atoms with E-state index in [-0.39, 0.29) is 42.5 Å². The quantitative estimate of drug-likeness (QED) is 0.400. The zero-order valence-electron chi connectivity index (χ0n) is 8.56. The molecule has 0 aromatic heterocycles. The fraction of sp³-hybridized carbons (Fsp3) is 1.00. The third kappa shape index (κ3) is 3.16. The summed E-state index contributed by atoms with van der Waals surface area (Å²) in [5.41, 5.74) is 0. The summed E-state index contributed by atoms with van der Waals surface area (Å²) in [7, 11) is -4.59. The minimum Gasteiger partial charge on any atom is -0.746 e. The Hall–Kier alpha value is 0.830. The van der Waals surface area contributed by atoms with Crippen LogP contribution in [0.2, 0.25) is 0 Å². The third-order valence-corrected chi connectivity index (χ3v) is 3.56. The molecule has 14 heavy (non-hydrogen) atoms. The first kappa shape index (κ1) is 14.8. The van der Waals surface area contributed by atoms with E-state index in [1.54, 1.807) is 4.90 Å². The van der Waals surface area contributed by atoms with Crippen LogP contribution in [-0.4, -0.2) is 47.5 Å². The molecule has 5 nitrogen and oxygen atoms in total. The van der Waals surface area contributed by atoms with Crippen molar-refractivity contribution in [3.8, 4) is 0 Å². The van der Waals surface area contributed by atoms with Crippen molar-refractivity contribution in [1.82, 2.24) is 4.90 Å². The van der Waals surface area contributed by atoms with E-state index < -0.39 is 15.1 Å². The normalized spacial score (nSPS) is 28.8. The van der Waals surface area contributed by atoms with E-state index in [1.807, 2.05) is 6.92 Å². The molecule has 0 saturated carbocycles. The van der Waals surface area contributed by atoms with Gasteiger partial charge in [-0.25, -0.2) is 8.42 Å². The molecule has 1 atom stereocenters. The van der Waals surface area contributed by atoms with Crippen LogP contribution < -0.4 is 29.6 Å². The zero-order chi connectivity index (χ0) is 10.1. The van der Waals surface area contributed by atoms with Gasteiger partial charge in [-0.05, 0) is 13.0 Å². The maximum absolute atomic E-state index is 10.7. The molecule has 1 N–H and O–H groups in total. The van der Waals surface area contributed by atoms with Gasteiger partial charge in [0, 0.05) is 19.5 Å². The molecule has 0 aromatic rings. The second kappa shape index (κ2) is 5.25. The molecule has 1 heterocycles. The minimum absolute atomic E-state index is 0. The molecule has 0 aliphatic carbocycles. The average Bonchev–Trinajstić information content (AvgIpc) is 2.32. The van der Waals surface area contributed by atoms with Crippen molar-refractivity contribution in [2.24, 2.45) is 0 Å². The summed E-state index contributed by atoms with van der Waals surface area (Å²) in [6, 6.07) is 0.